The molecule has 19 heavy (non-hydrogen) atoms. The molecule has 3 rings (SSSR count). The molecule has 100 valence electrons. The standard InChI is InChI=1S/C13H17N5O/c1-19-11-4-2-3-9(7-11)12-15-13(17-16-12)18-6-5-10(14)8-18/h2-4,7,10H,5-6,8,14H2,1H3,(H,15,16,17). The van der Waals surface area contributed by atoms with Crippen LogP contribution in [0.1, 0.15) is 6.42 Å². The molecular formula is C13H17N5O. The summed E-state index contributed by atoms with van der Waals surface area (Å²) >= 11 is 0. The fraction of sp³-hybridized carbons (Fsp3) is 0.385. The third-order valence-electron chi connectivity index (χ3n) is 3.32. The average molecular weight is 259 g/mol. The zero-order valence-corrected chi connectivity index (χ0v) is 10.8. The van der Waals surface area contributed by atoms with E-state index in [2.05, 4.69) is 20.1 Å². The Morgan fingerprint density at radius 2 is 2.37 bits per heavy atom. The Morgan fingerprint density at radius 3 is 3.11 bits per heavy atom. The maximum Gasteiger partial charge on any atom is 0.245 e. The second-order valence-corrected chi connectivity index (χ2v) is 4.71. The molecule has 0 aliphatic carbocycles. The van der Waals surface area contributed by atoms with Crippen LogP contribution in [0.3, 0.4) is 0 Å². The number of rotatable bonds is 3. The Hall–Kier alpha value is -2.08. The molecule has 1 aromatic heterocycles. The smallest absolute Gasteiger partial charge is 0.245 e. The number of aromatic amines is 1. The molecule has 0 spiro atoms. The minimum atomic E-state index is 0.221. The summed E-state index contributed by atoms with van der Waals surface area (Å²) < 4.78 is 5.21. The van der Waals surface area contributed by atoms with Gasteiger partial charge in [0.1, 0.15) is 5.75 Å². The molecule has 1 unspecified atom stereocenters. The van der Waals surface area contributed by atoms with Gasteiger partial charge in [0.15, 0.2) is 5.82 Å². The van der Waals surface area contributed by atoms with Crippen LogP contribution in [0, 0.1) is 0 Å². The highest BCUT2D eigenvalue weighted by Crippen LogP contribution is 2.23. The highest BCUT2D eigenvalue weighted by atomic mass is 16.5. The van der Waals surface area contributed by atoms with Gasteiger partial charge in [-0.05, 0) is 18.6 Å². The number of nitrogens with two attached hydrogens (primary N) is 1. The van der Waals surface area contributed by atoms with E-state index in [1.165, 1.54) is 0 Å². The molecule has 3 N–H and O–H groups in total. The number of benzene rings is 1. The molecule has 1 aliphatic heterocycles. The van der Waals surface area contributed by atoms with Gasteiger partial charge in [0.05, 0.1) is 7.11 Å². The molecule has 0 amide bonds. The van der Waals surface area contributed by atoms with E-state index in [9.17, 15) is 0 Å². The predicted molar refractivity (Wildman–Crippen MR) is 73.2 cm³/mol. The molecule has 1 saturated heterocycles. The lowest BCUT2D eigenvalue weighted by atomic mass is 10.2. The Morgan fingerprint density at radius 1 is 1.47 bits per heavy atom. The Balaban J connectivity index is 1.84. The summed E-state index contributed by atoms with van der Waals surface area (Å²) in [6.45, 7) is 1.73. The van der Waals surface area contributed by atoms with Crippen molar-refractivity contribution >= 4 is 5.95 Å². The van der Waals surface area contributed by atoms with E-state index >= 15 is 0 Å². The predicted octanol–water partition coefficient (Wildman–Crippen LogP) is 1.02. The number of methoxy groups -OCH3 is 1. The number of anilines is 1. The molecule has 1 aromatic carbocycles. The second-order valence-electron chi connectivity index (χ2n) is 4.71. The fourth-order valence-electron chi connectivity index (χ4n) is 2.26. The van der Waals surface area contributed by atoms with Crippen molar-refractivity contribution in [2.75, 3.05) is 25.1 Å². The van der Waals surface area contributed by atoms with Crippen molar-refractivity contribution in [3.8, 4) is 17.1 Å². The molecule has 1 fully saturated rings. The van der Waals surface area contributed by atoms with E-state index in [0.29, 0.717) is 5.95 Å². The summed E-state index contributed by atoms with van der Waals surface area (Å²) in [5.74, 6) is 2.26. The molecule has 2 heterocycles. The molecule has 1 aliphatic rings. The SMILES string of the molecule is COc1cccc(-c2nc(N3CCC(N)C3)n[nH]2)c1. The number of nitrogens with one attached hydrogen (secondary N) is 1. The monoisotopic (exact) mass is 259 g/mol. The summed E-state index contributed by atoms with van der Waals surface area (Å²) in [7, 11) is 1.65. The minimum Gasteiger partial charge on any atom is -0.497 e. The lowest BCUT2D eigenvalue weighted by Gasteiger charge is -2.11. The van der Waals surface area contributed by atoms with Crippen molar-refractivity contribution in [2.45, 2.75) is 12.5 Å². The van der Waals surface area contributed by atoms with Gasteiger partial charge < -0.3 is 15.4 Å². The molecule has 0 radical (unpaired) electrons. The first kappa shape index (κ1) is 12.0. The van der Waals surface area contributed by atoms with Crippen molar-refractivity contribution in [2.24, 2.45) is 5.73 Å². The van der Waals surface area contributed by atoms with E-state index < -0.39 is 0 Å². The highest BCUT2D eigenvalue weighted by molar-refractivity contribution is 5.58. The number of ether oxygens (including phenoxy) is 1. The van der Waals surface area contributed by atoms with Crippen LogP contribution in [0.2, 0.25) is 0 Å². The topological polar surface area (TPSA) is 80.1 Å². The van der Waals surface area contributed by atoms with Gasteiger partial charge in [-0.3, -0.25) is 5.10 Å². The first-order chi connectivity index (χ1) is 9.26. The summed E-state index contributed by atoms with van der Waals surface area (Å²) in [4.78, 5) is 6.62. The Kier molecular flexibility index (Phi) is 3.08. The maximum absolute atomic E-state index is 5.89. The van der Waals surface area contributed by atoms with Crippen LogP contribution in [0.15, 0.2) is 24.3 Å². The van der Waals surface area contributed by atoms with Gasteiger partial charge in [0.25, 0.3) is 0 Å². The van der Waals surface area contributed by atoms with E-state index in [4.69, 9.17) is 10.5 Å². The molecule has 0 saturated carbocycles. The zero-order valence-electron chi connectivity index (χ0n) is 10.8. The minimum absolute atomic E-state index is 0.221. The number of hydrogen-bond acceptors (Lipinski definition) is 5. The fourth-order valence-corrected chi connectivity index (χ4v) is 2.26. The first-order valence-electron chi connectivity index (χ1n) is 6.33. The van der Waals surface area contributed by atoms with Crippen molar-refractivity contribution in [1.29, 1.82) is 0 Å². The van der Waals surface area contributed by atoms with Gasteiger partial charge in [-0.2, -0.15) is 4.98 Å². The molecule has 6 heteroatoms. The van der Waals surface area contributed by atoms with Crippen LogP contribution < -0.4 is 15.4 Å². The van der Waals surface area contributed by atoms with Crippen LogP contribution in [0.5, 0.6) is 5.75 Å². The zero-order chi connectivity index (χ0) is 13.2. The quantitative estimate of drug-likeness (QED) is 0.860. The van der Waals surface area contributed by atoms with E-state index in [0.717, 1.165) is 36.6 Å². The maximum atomic E-state index is 5.89. The van der Waals surface area contributed by atoms with Crippen molar-refractivity contribution < 1.29 is 4.74 Å². The third-order valence-corrected chi connectivity index (χ3v) is 3.32. The van der Waals surface area contributed by atoms with Crippen LogP contribution >= 0.6 is 0 Å². The van der Waals surface area contributed by atoms with Crippen LogP contribution in [-0.4, -0.2) is 41.4 Å². The van der Waals surface area contributed by atoms with Gasteiger partial charge in [0, 0.05) is 24.7 Å². The van der Waals surface area contributed by atoms with Crippen molar-refractivity contribution in [1.82, 2.24) is 15.2 Å². The third kappa shape index (κ3) is 2.39. The molecule has 1 atom stereocenters. The van der Waals surface area contributed by atoms with Crippen molar-refractivity contribution in [3.63, 3.8) is 0 Å². The van der Waals surface area contributed by atoms with Gasteiger partial charge in [-0.1, -0.05) is 12.1 Å². The number of hydrogen-bond donors (Lipinski definition) is 2. The molecule has 0 bridgehead atoms. The van der Waals surface area contributed by atoms with Crippen molar-refractivity contribution in [3.05, 3.63) is 24.3 Å². The van der Waals surface area contributed by atoms with Crippen LogP contribution in [0.4, 0.5) is 5.95 Å². The summed E-state index contributed by atoms with van der Waals surface area (Å²) in [5.41, 5.74) is 6.85. The largest absolute Gasteiger partial charge is 0.497 e. The Bertz CT molecular complexity index is 568. The van der Waals surface area contributed by atoms with Crippen LogP contribution in [0.25, 0.3) is 11.4 Å². The Labute approximate surface area is 111 Å². The number of H-pyrrole nitrogens is 1. The second kappa shape index (κ2) is 4.89. The normalized spacial score (nSPS) is 18.8. The van der Waals surface area contributed by atoms with Gasteiger partial charge in [-0.25, -0.2) is 0 Å². The van der Waals surface area contributed by atoms with Crippen LogP contribution in [-0.2, 0) is 0 Å². The first-order valence-corrected chi connectivity index (χ1v) is 6.33. The summed E-state index contributed by atoms with van der Waals surface area (Å²) in [6.07, 6.45) is 0.989. The average Bonchev–Trinajstić information content (AvgIpc) is 3.07. The lowest BCUT2D eigenvalue weighted by Crippen LogP contribution is -2.26. The van der Waals surface area contributed by atoms with E-state index in [-0.39, 0.29) is 6.04 Å². The lowest BCUT2D eigenvalue weighted by molar-refractivity contribution is 0.415. The van der Waals surface area contributed by atoms with Gasteiger partial charge in [-0.15, -0.1) is 5.10 Å². The number of aromatic nitrogens is 3. The van der Waals surface area contributed by atoms with Gasteiger partial charge in [0.2, 0.25) is 5.95 Å². The molecule has 6 nitrogen and oxygen atoms in total. The molecular weight excluding hydrogens is 242 g/mol. The molecule has 2 aromatic rings. The highest BCUT2D eigenvalue weighted by Gasteiger charge is 2.22. The van der Waals surface area contributed by atoms with E-state index in [1.54, 1.807) is 7.11 Å². The summed E-state index contributed by atoms with van der Waals surface area (Å²) in [6, 6.07) is 7.96. The van der Waals surface area contributed by atoms with Gasteiger partial charge >= 0.3 is 0 Å². The number of nitrogens with zero attached hydrogens (tertiary/aromatic N) is 3. The summed E-state index contributed by atoms with van der Waals surface area (Å²) in [5, 5.41) is 7.22. The van der Waals surface area contributed by atoms with E-state index in [1.807, 2.05) is 24.3 Å².